The number of likely N-dealkylation sites (tertiary alicyclic amines) is 1. The molecule has 1 aliphatic heterocycles. The highest BCUT2D eigenvalue weighted by atomic mass is 16.5. The molecule has 1 amide bonds. The molecule has 0 radical (unpaired) electrons. The number of carbonyl (C=O) groups is 1. The first kappa shape index (κ1) is 14.9. The lowest BCUT2D eigenvalue weighted by Gasteiger charge is -2.29. The van der Waals surface area contributed by atoms with E-state index in [2.05, 4.69) is 6.92 Å². The molecule has 1 atom stereocenters. The lowest BCUT2D eigenvalue weighted by atomic mass is 10.1. The van der Waals surface area contributed by atoms with E-state index in [9.17, 15) is 9.90 Å². The van der Waals surface area contributed by atoms with Gasteiger partial charge >= 0.3 is 0 Å². The van der Waals surface area contributed by atoms with Gasteiger partial charge in [-0.2, -0.15) is 0 Å². The minimum atomic E-state index is -0.259. The number of ether oxygens (including phenoxy) is 1. The Balaban J connectivity index is 1.97. The van der Waals surface area contributed by atoms with Crippen LogP contribution in [-0.2, 0) is 0 Å². The lowest BCUT2D eigenvalue weighted by molar-refractivity contribution is 0.0546. The van der Waals surface area contributed by atoms with Gasteiger partial charge in [-0.15, -0.1) is 0 Å². The molecule has 1 fully saturated rings. The van der Waals surface area contributed by atoms with Gasteiger partial charge in [0.15, 0.2) is 0 Å². The van der Waals surface area contributed by atoms with Gasteiger partial charge in [-0.25, -0.2) is 0 Å². The summed E-state index contributed by atoms with van der Waals surface area (Å²) in [6.45, 7) is 5.36. The summed E-state index contributed by atoms with van der Waals surface area (Å²) in [5.41, 5.74) is 0.679. The van der Waals surface area contributed by atoms with Crippen LogP contribution in [0.4, 0.5) is 0 Å². The summed E-state index contributed by atoms with van der Waals surface area (Å²) in [5.74, 6) is 0.831. The zero-order valence-corrected chi connectivity index (χ0v) is 12.2. The summed E-state index contributed by atoms with van der Waals surface area (Å²) in [6, 6.07) is 7.31. The molecule has 0 saturated carbocycles. The molecule has 20 heavy (non-hydrogen) atoms. The molecule has 0 aliphatic carbocycles. The first-order chi connectivity index (χ1) is 9.60. The topological polar surface area (TPSA) is 49.8 Å². The average Bonchev–Trinajstić information content (AvgIpc) is 2.48. The fourth-order valence-corrected chi connectivity index (χ4v) is 2.24. The minimum absolute atomic E-state index is 0.0342. The number of aliphatic hydroxyl groups excluding tert-OH is 1. The smallest absolute Gasteiger partial charge is 0.253 e. The molecule has 4 nitrogen and oxygen atoms in total. The van der Waals surface area contributed by atoms with E-state index in [0.717, 1.165) is 12.2 Å². The summed E-state index contributed by atoms with van der Waals surface area (Å²) in [5, 5.41) is 9.47. The molecule has 1 saturated heterocycles. The Hall–Kier alpha value is -1.55. The second-order valence-electron chi connectivity index (χ2n) is 5.38. The van der Waals surface area contributed by atoms with Crippen LogP contribution in [0.15, 0.2) is 24.3 Å². The van der Waals surface area contributed by atoms with Crippen LogP contribution >= 0.6 is 0 Å². The van der Waals surface area contributed by atoms with E-state index in [1.165, 1.54) is 0 Å². The molecule has 1 aromatic rings. The Morgan fingerprint density at radius 2 is 1.95 bits per heavy atom. The van der Waals surface area contributed by atoms with Crippen molar-refractivity contribution in [3.63, 3.8) is 0 Å². The highest BCUT2D eigenvalue weighted by Gasteiger charge is 2.22. The summed E-state index contributed by atoms with van der Waals surface area (Å²) < 4.78 is 5.70. The van der Waals surface area contributed by atoms with Crippen molar-refractivity contribution in [2.24, 2.45) is 0 Å². The Kier molecular flexibility index (Phi) is 5.01. The van der Waals surface area contributed by atoms with E-state index < -0.39 is 0 Å². The standard InChI is InChI=1S/C16H23NO3/c1-3-12(2)20-15-6-4-13(5-7-15)16(19)17-10-8-14(18)9-11-17/h4-7,12,14,18H,3,8-11H2,1-2H3. The van der Waals surface area contributed by atoms with Crippen molar-refractivity contribution in [2.45, 2.75) is 45.3 Å². The van der Waals surface area contributed by atoms with Crippen LogP contribution in [0, 0.1) is 0 Å². The molecule has 1 N–H and O–H groups in total. The van der Waals surface area contributed by atoms with E-state index in [-0.39, 0.29) is 18.1 Å². The van der Waals surface area contributed by atoms with Gasteiger partial charge in [-0.1, -0.05) is 6.92 Å². The van der Waals surface area contributed by atoms with Gasteiger partial charge in [0.25, 0.3) is 5.91 Å². The molecule has 0 bridgehead atoms. The van der Waals surface area contributed by atoms with Crippen molar-refractivity contribution in [1.82, 2.24) is 4.90 Å². The van der Waals surface area contributed by atoms with Crippen LogP contribution in [0.2, 0.25) is 0 Å². The quantitative estimate of drug-likeness (QED) is 0.919. The van der Waals surface area contributed by atoms with Gasteiger partial charge in [0, 0.05) is 18.7 Å². The molecule has 1 unspecified atom stereocenters. The van der Waals surface area contributed by atoms with Crippen LogP contribution in [0.25, 0.3) is 0 Å². The number of benzene rings is 1. The Bertz CT molecular complexity index is 436. The van der Waals surface area contributed by atoms with Gasteiger partial charge in [-0.05, 0) is 50.5 Å². The maximum Gasteiger partial charge on any atom is 0.253 e. The van der Waals surface area contributed by atoms with Crippen molar-refractivity contribution < 1.29 is 14.6 Å². The maximum atomic E-state index is 12.3. The summed E-state index contributed by atoms with van der Waals surface area (Å²) in [7, 11) is 0. The number of piperidine rings is 1. The Morgan fingerprint density at radius 1 is 1.35 bits per heavy atom. The Labute approximate surface area is 120 Å². The van der Waals surface area contributed by atoms with Gasteiger partial charge in [0.05, 0.1) is 12.2 Å². The molecule has 1 heterocycles. The molecule has 0 aromatic heterocycles. The second-order valence-corrected chi connectivity index (χ2v) is 5.38. The predicted octanol–water partition coefficient (Wildman–Crippen LogP) is 2.46. The molecule has 1 aliphatic rings. The van der Waals surface area contributed by atoms with Gasteiger partial charge < -0.3 is 14.7 Å². The number of rotatable bonds is 4. The molecule has 4 heteroatoms. The van der Waals surface area contributed by atoms with Crippen molar-refractivity contribution in [2.75, 3.05) is 13.1 Å². The van der Waals surface area contributed by atoms with E-state index in [0.29, 0.717) is 31.5 Å². The van der Waals surface area contributed by atoms with Gasteiger partial charge in [0.1, 0.15) is 5.75 Å². The summed E-state index contributed by atoms with van der Waals surface area (Å²) in [6.07, 6.45) is 2.21. The number of aliphatic hydroxyl groups is 1. The fraction of sp³-hybridized carbons (Fsp3) is 0.562. The molecule has 110 valence electrons. The third kappa shape index (κ3) is 3.73. The Morgan fingerprint density at radius 3 is 2.50 bits per heavy atom. The normalized spacial score (nSPS) is 17.9. The fourth-order valence-electron chi connectivity index (χ4n) is 2.24. The zero-order valence-electron chi connectivity index (χ0n) is 12.2. The predicted molar refractivity (Wildman–Crippen MR) is 78.0 cm³/mol. The molecule has 1 aromatic carbocycles. The monoisotopic (exact) mass is 277 g/mol. The van der Waals surface area contributed by atoms with Crippen LogP contribution in [0.5, 0.6) is 5.75 Å². The zero-order chi connectivity index (χ0) is 14.5. The van der Waals surface area contributed by atoms with Crippen molar-refractivity contribution in [1.29, 1.82) is 0 Å². The van der Waals surface area contributed by atoms with Crippen LogP contribution in [0.1, 0.15) is 43.5 Å². The average molecular weight is 277 g/mol. The number of hydrogen-bond acceptors (Lipinski definition) is 3. The number of amides is 1. The first-order valence-corrected chi connectivity index (χ1v) is 7.34. The third-order valence-electron chi connectivity index (χ3n) is 3.77. The van der Waals surface area contributed by atoms with E-state index >= 15 is 0 Å². The highest BCUT2D eigenvalue weighted by Crippen LogP contribution is 2.18. The first-order valence-electron chi connectivity index (χ1n) is 7.34. The highest BCUT2D eigenvalue weighted by molar-refractivity contribution is 5.94. The van der Waals surface area contributed by atoms with E-state index in [4.69, 9.17) is 4.74 Å². The SMILES string of the molecule is CCC(C)Oc1ccc(C(=O)N2CCC(O)CC2)cc1. The number of nitrogens with zero attached hydrogens (tertiary/aromatic N) is 1. The minimum Gasteiger partial charge on any atom is -0.491 e. The third-order valence-corrected chi connectivity index (χ3v) is 3.77. The van der Waals surface area contributed by atoms with Crippen molar-refractivity contribution in [3.05, 3.63) is 29.8 Å². The van der Waals surface area contributed by atoms with Gasteiger partial charge in [0.2, 0.25) is 0 Å². The molecular weight excluding hydrogens is 254 g/mol. The molecule has 0 spiro atoms. The van der Waals surface area contributed by atoms with Gasteiger partial charge in [-0.3, -0.25) is 4.79 Å². The van der Waals surface area contributed by atoms with Crippen molar-refractivity contribution in [3.8, 4) is 5.75 Å². The second kappa shape index (κ2) is 6.75. The van der Waals surface area contributed by atoms with E-state index in [1.807, 2.05) is 31.2 Å². The number of carbonyl (C=O) groups excluding carboxylic acids is 1. The van der Waals surface area contributed by atoms with Crippen LogP contribution < -0.4 is 4.74 Å². The van der Waals surface area contributed by atoms with Crippen molar-refractivity contribution >= 4 is 5.91 Å². The van der Waals surface area contributed by atoms with Crippen LogP contribution in [-0.4, -0.2) is 41.2 Å². The number of hydrogen-bond donors (Lipinski definition) is 1. The lowest BCUT2D eigenvalue weighted by Crippen LogP contribution is -2.40. The van der Waals surface area contributed by atoms with E-state index in [1.54, 1.807) is 4.90 Å². The van der Waals surface area contributed by atoms with Crippen LogP contribution in [0.3, 0.4) is 0 Å². The molecular formula is C16H23NO3. The molecule has 2 rings (SSSR count). The largest absolute Gasteiger partial charge is 0.491 e. The summed E-state index contributed by atoms with van der Waals surface area (Å²) >= 11 is 0. The summed E-state index contributed by atoms with van der Waals surface area (Å²) in [4.78, 5) is 14.1. The maximum absolute atomic E-state index is 12.3.